The van der Waals surface area contributed by atoms with Crippen LogP contribution in [-0.2, 0) is 10.8 Å². The zero-order chi connectivity index (χ0) is 40.8. The zero-order valence-corrected chi connectivity index (χ0v) is 34.1. The average molecular weight is 789 g/mol. The molecule has 0 N–H and O–H groups in total. The molecule has 3 nitrogen and oxygen atoms in total. The molecule has 62 heavy (non-hydrogen) atoms. The largest absolute Gasteiger partial charge is 0.309 e. The van der Waals surface area contributed by atoms with Crippen LogP contribution < -0.4 is 5.56 Å². The van der Waals surface area contributed by atoms with Crippen molar-refractivity contribution < 1.29 is 0 Å². The highest BCUT2D eigenvalue weighted by molar-refractivity contribution is 6.24. The Morgan fingerprint density at radius 1 is 0.387 bits per heavy atom. The van der Waals surface area contributed by atoms with Gasteiger partial charge in [0.1, 0.15) is 0 Å². The van der Waals surface area contributed by atoms with Gasteiger partial charge in [-0.15, -0.1) is 0 Å². The predicted molar refractivity (Wildman–Crippen MR) is 256 cm³/mol. The highest BCUT2D eigenvalue weighted by Crippen LogP contribution is 2.64. The van der Waals surface area contributed by atoms with Gasteiger partial charge < -0.3 is 4.57 Å². The van der Waals surface area contributed by atoms with Gasteiger partial charge in [-0.1, -0.05) is 159 Å². The third kappa shape index (κ3) is 3.60. The molecule has 0 atom stereocenters. The zero-order valence-electron chi connectivity index (χ0n) is 34.1. The van der Waals surface area contributed by atoms with Crippen LogP contribution in [0.3, 0.4) is 0 Å². The molecule has 0 saturated heterocycles. The van der Waals surface area contributed by atoms with Crippen molar-refractivity contribution in [3.63, 3.8) is 0 Å². The summed E-state index contributed by atoms with van der Waals surface area (Å²) in [6.07, 6.45) is 0. The minimum Gasteiger partial charge on any atom is -0.309 e. The van der Waals surface area contributed by atoms with E-state index in [9.17, 15) is 0 Å². The van der Waals surface area contributed by atoms with E-state index < -0.39 is 5.41 Å². The third-order valence-corrected chi connectivity index (χ3v) is 15.2. The van der Waals surface area contributed by atoms with E-state index in [-0.39, 0.29) is 11.0 Å². The monoisotopic (exact) mass is 788 g/mol. The molecule has 3 aliphatic rings. The Bertz CT molecular complexity index is 4060. The van der Waals surface area contributed by atoms with E-state index in [2.05, 4.69) is 193 Å². The maximum absolute atomic E-state index is 15.2. The molecule has 1 aliphatic heterocycles. The van der Waals surface area contributed by atoms with Crippen LogP contribution >= 0.6 is 0 Å². The lowest BCUT2D eigenvalue weighted by Crippen LogP contribution is -2.26. The number of para-hydroxylation sites is 2. The van der Waals surface area contributed by atoms with E-state index in [1.807, 2.05) is 12.1 Å². The standard InChI is InChI=1S/C59H36N2O/c1-58(2)49-24-13-20-39-38-17-8-12-25-51(38)60(55(39)49)52-29-26-33(32-50(52)58)34-30-43-35-14-3-4-18-41(35)57(62)61-54(43)44(31-34)40-27-28-48-53(56(40)61)42-19-7-11-23-47(42)59(48)45-21-9-5-15-36(45)37-16-6-10-22-46(37)59/h3-32H,1-2H3. The quantitative estimate of drug-likeness (QED) is 0.152. The summed E-state index contributed by atoms with van der Waals surface area (Å²) in [5, 5.41) is 7.60. The van der Waals surface area contributed by atoms with Crippen molar-refractivity contribution in [2.75, 3.05) is 0 Å². The van der Waals surface area contributed by atoms with E-state index in [0.717, 1.165) is 49.1 Å². The molecule has 0 saturated carbocycles. The molecule has 288 valence electrons. The molecule has 3 aromatic heterocycles. The van der Waals surface area contributed by atoms with Gasteiger partial charge in [0.05, 0.1) is 33.2 Å². The Morgan fingerprint density at radius 2 is 0.968 bits per heavy atom. The topological polar surface area (TPSA) is 26.4 Å². The van der Waals surface area contributed by atoms with Crippen LogP contribution in [0.2, 0.25) is 0 Å². The summed E-state index contributed by atoms with van der Waals surface area (Å²) in [6, 6.07) is 67.1. The van der Waals surface area contributed by atoms with Crippen molar-refractivity contribution in [1.82, 2.24) is 8.97 Å². The Kier molecular flexibility index (Phi) is 5.83. The maximum Gasteiger partial charge on any atom is 0.263 e. The molecule has 3 heteroatoms. The second-order valence-electron chi connectivity index (χ2n) is 18.3. The summed E-state index contributed by atoms with van der Waals surface area (Å²) in [5.41, 5.74) is 20.0. The summed E-state index contributed by atoms with van der Waals surface area (Å²) >= 11 is 0. The predicted octanol–water partition coefficient (Wildman–Crippen LogP) is 13.9. The first-order valence-corrected chi connectivity index (χ1v) is 21.7. The molecule has 0 radical (unpaired) electrons. The Morgan fingerprint density at radius 3 is 1.73 bits per heavy atom. The Hall–Kier alpha value is -7.75. The maximum atomic E-state index is 15.2. The minimum absolute atomic E-state index is 0.0272. The summed E-state index contributed by atoms with van der Waals surface area (Å²) in [7, 11) is 0. The van der Waals surface area contributed by atoms with E-state index in [0.29, 0.717) is 0 Å². The molecular formula is C59H36N2O. The van der Waals surface area contributed by atoms with Gasteiger partial charge in [-0.05, 0) is 103 Å². The molecule has 9 aromatic carbocycles. The van der Waals surface area contributed by atoms with Crippen molar-refractivity contribution in [3.05, 3.63) is 226 Å². The smallest absolute Gasteiger partial charge is 0.263 e. The van der Waals surface area contributed by atoms with Gasteiger partial charge in [0.15, 0.2) is 0 Å². The number of hydrogen-bond acceptors (Lipinski definition) is 1. The first kappa shape index (κ1) is 33.0. The fraction of sp³-hybridized carbons (Fsp3) is 0.0678. The number of hydrogen-bond donors (Lipinski definition) is 0. The molecule has 12 aromatic rings. The number of aromatic nitrogens is 2. The van der Waals surface area contributed by atoms with E-state index in [4.69, 9.17) is 0 Å². The average Bonchev–Trinajstić information content (AvgIpc) is 4.03. The van der Waals surface area contributed by atoms with Gasteiger partial charge in [-0.2, -0.15) is 0 Å². The summed E-state index contributed by atoms with van der Waals surface area (Å²) in [4.78, 5) is 15.2. The molecule has 1 spiro atoms. The fourth-order valence-electron chi connectivity index (χ4n) is 12.7. The van der Waals surface area contributed by atoms with Gasteiger partial charge in [0.25, 0.3) is 5.56 Å². The summed E-state index contributed by atoms with van der Waals surface area (Å²) in [6.45, 7) is 4.75. The van der Waals surface area contributed by atoms with E-state index in [1.165, 1.54) is 83.1 Å². The molecule has 2 aliphatic carbocycles. The van der Waals surface area contributed by atoms with Crippen molar-refractivity contribution in [2.45, 2.75) is 24.7 Å². The van der Waals surface area contributed by atoms with Crippen LogP contribution in [0.4, 0.5) is 0 Å². The number of pyridine rings is 1. The number of benzene rings is 9. The lowest BCUT2D eigenvalue weighted by molar-refractivity contribution is 0.630. The van der Waals surface area contributed by atoms with Crippen LogP contribution in [0.25, 0.3) is 98.8 Å². The van der Waals surface area contributed by atoms with Crippen LogP contribution in [0.15, 0.2) is 187 Å². The van der Waals surface area contributed by atoms with Crippen LogP contribution in [-0.4, -0.2) is 8.97 Å². The fourth-order valence-corrected chi connectivity index (χ4v) is 12.7. The van der Waals surface area contributed by atoms with Gasteiger partial charge in [0.2, 0.25) is 0 Å². The van der Waals surface area contributed by atoms with Crippen molar-refractivity contribution >= 4 is 59.8 Å². The lowest BCUT2D eigenvalue weighted by atomic mass is 9.70. The van der Waals surface area contributed by atoms with Crippen molar-refractivity contribution in [1.29, 1.82) is 0 Å². The first-order chi connectivity index (χ1) is 30.5. The Balaban J connectivity index is 1.05. The Labute approximate surface area is 356 Å². The van der Waals surface area contributed by atoms with Crippen LogP contribution in [0, 0.1) is 0 Å². The summed E-state index contributed by atoms with van der Waals surface area (Å²) < 4.78 is 4.56. The second-order valence-corrected chi connectivity index (χ2v) is 18.3. The van der Waals surface area contributed by atoms with Crippen molar-refractivity contribution in [2.24, 2.45) is 0 Å². The highest BCUT2D eigenvalue weighted by atomic mass is 16.1. The van der Waals surface area contributed by atoms with Crippen LogP contribution in [0.5, 0.6) is 0 Å². The number of nitrogens with zero attached hydrogens (tertiary/aromatic N) is 2. The normalized spacial score (nSPS) is 14.9. The second kappa shape index (κ2) is 10.9. The van der Waals surface area contributed by atoms with Crippen molar-refractivity contribution in [3.8, 4) is 39.1 Å². The minimum atomic E-state index is -0.501. The summed E-state index contributed by atoms with van der Waals surface area (Å²) in [5.74, 6) is 0. The van der Waals surface area contributed by atoms with Gasteiger partial charge in [0, 0.05) is 43.3 Å². The number of rotatable bonds is 1. The molecule has 15 rings (SSSR count). The first-order valence-electron chi connectivity index (χ1n) is 21.7. The van der Waals surface area contributed by atoms with E-state index in [1.54, 1.807) is 0 Å². The van der Waals surface area contributed by atoms with E-state index >= 15 is 4.79 Å². The van der Waals surface area contributed by atoms with Gasteiger partial charge in [-0.3, -0.25) is 9.20 Å². The molecule has 0 amide bonds. The van der Waals surface area contributed by atoms with Crippen LogP contribution in [0.1, 0.15) is 47.2 Å². The van der Waals surface area contributed by atoms with Gasteiger partial charge >= 0.3 is 0 Å². The highest BCUT2D eigenvalue weighted by Gasteiger charge is 2.52. The molecule has 0 fully saturated rings. The third-order valence-electron chi connectivity index (χ3n) is 15.2. The lowest BCUT2D eigenvalue weighted by Gasteiger charge is -2.35. The molecule has 4 heterocycles. The molecular weight excluding hydrogens is 753 g/mol. The molecule has 0 bridgehead atoms. The SMILES string of the molecule is CC1(C)c2cc(-c3cc4c5ccccc5c(=O)n5c6c7c(ccc6c(c3)c45)C3(c4ccccc4-c4ccccc43)c3ccccc3-7)ccc2-n2c3ccccc3c3cccc1c32. The number of fused-ring (bicyclic) bond motifs is 21. The van der Waals surface area contributed by atoms with Gasteiger partial charge in [-0.25, -0.2) is 0 Å². The molecule has 0 unspecified atom stereocenters.